The lowest BCUT2D eigenvalue weighted by Gasteiger charge is -2.34. The first-order chi connectivity index (χ1) is 9.70. The molecule has 2 fully saturated rings. The van der Waals surface area contributed by atoms with Gasteiger partial charge in [0, 0.05) is 18.1 Å². The van der Waals surface area contributed by atoms with Gasteiger partial charge in [-0.3, -0.25) is 0 Å². The predicted octanol–water partition coefficient (Wildman–Crippen LogP) is 2.97. The van der Waals surface area contributed by atoms with Gasteiger partial charge in [0.25, 0.3) is 0 Å². The van der Waals surface area contributed by atoms with Crippen molar-refractivity contribution >= 4 is 0 Å². The average Bonchev–Trinajstić information content (AvgIpc) is 3.24. The molecule has 3 rings (SSSR count). The molecule has 20 heavy (non-hydrogen) atoms. The molecule has 0 bridgehead atoms. The van der Waals surface area contributed by atoms with Crippen LogP contribution in [-0.4, -0.2) is 36.1 Å². The zero-order valence-corrected chi connectivity index (χ0v) is 12.3. The number of likely N-dealkylation sites (tertiary alicyclic amines) is 1. The molecule has 0 radical (unpaired) electrons. The van der Waals surface area contributed by atoms with Gasteiger partial charge < -0.3 is 10.2 Å². The molecule has 3 heteroatoms. The van der Waals surface area contributed by atoms with Crippen LogP contribution < -0.4 is 5.32 Å². The van der Waals surface area contributed by atoms with Crippen molar-refractivity contribution in [2.24, 2.45) is 0 Å². The van der Waals surface area contributed by atoms with E-state index in [0.29, 0.717) is 12.1 Å². The van der Waals surface area contributed by atoms with Gasteiger partial charge in [0.15, 0.2) is 0 Å². The number of piperidine rings is 1. The van der Waals surface area contributed by atoms with Crippen molar-refractivity contribution in [3.63, 3.8) is 0 Å². The summed E-state index contributed by atoms with van der Waals surface area (Å²) in [6.07, 6.45) is 6.23. The minimum absolute atomic E-state index is 0.132. The largest absolute Gasteiger partial charge is 0.311 e. The van der Waals surface area contributed by atoms with Crippen LogP contribution in [0.25, 0.3) is 0 Å². The van der Waals surface area contributed by atoms with Crippen LogP contribution in [0, 0.1) is 5.82 Å². The first kappa shape index (κ1) is 14.0. The SMILES string of the molecule is CC(Cc1cccc(F)c1)NC1CCN(C2CC2)CC1. The molecule has 1 aliphatic carbocycles. The normalized spacial score (nSPS) is 22.9. The van der Waals surface area contributed by atoms with Crippen molar-refractivity contribution in [1.82, 2.24) is 10.2 Å². The van der Waals surface area contributed by atoms with E-state index in [4.69, 9.17) is 0 Å². The Morgan fingerprint density at radius 2 is 2.00 bits per heavy atom. The van der Waals surface area contributed by atoms with Crippen LogP contribution in [0.5, 0.6) is 0 Å². The van der Waals surface area contributed by atoms with Crippen molar-refractivity contribution < 1.29 is 4.39 Å². The number of rotatable bonds is 5. The topological polar surface area (TPSA) is 15.3 Å². The highest BCUT2D eigenvalue weighted by atomic mass is 19.1. The van der Waals surface area contributed by atoms with E-state index >= 15 is 0 Å². The highest BCUT2D eigenvalue weighted by Crippen LogP contribution is 2.29. The van der Waals surface area contributed by atoms with Gasteiger partial charge in [-0.1, -0.05) is 12.1 Å². The maximum atomic E-state index is 13.2. The lowest BCUT2D eigenvalue weighted by atomic mass is 10.0. The third kappa shape index (κ3) is 3.80. The molecule has 1 aromatic rings. The van der Waals surface area contributed by atoms with Gasteiger partial charge in [-0.25, -0.2) is 4.39 Å². The molecule has 110 valence electrons. The number of nitrogens with zero attached hydrogens (tertiary/aromatic N) is 1. The fourth-order valence-corrected chi connectivity index (χ4v) is 3.35. The van der Waals surface area contributed by atoms with Crippen LogP contribution in [0.3, 0.4) is 0 Å². The van der Waals surface area contributed by atoms with E-state index in [1.165, 1.54) is 44.8 Å². The first-order valence-corrected chi connectivity index (χ1v) is 7.95. The number of halogens is 1. The van der Waals surface area contributed by atoms with Gasteiger partial charge in [-0.2, -0.15) is 0 Å². The quantitative estimate of drug-likeness (QED) is 0.889. The zero-order valence-electron chi connectivity index (χ0n) is 12.3. The van der Waals surface area contributed by atoms with E-state index in [2.05, 4.69) is 17.1 Å². The summed E-state index contributed by atoms with van der Waals surface area (Å²) in [5.41, 5.74) is 1.08. The summed E-state index contributed by atoms with van der Waals surface area (Å²) < 4.78 is 13.2. The molecular weight excluding hydrogens is 251 g/mol. The van der Waals surface area contributed by atoms with E-state index in [-0.39, 0.29) is 5.82 Å². The van der Waals surface area contributed by atoms with Gasteiger partial charge in [-0.05, 0) is 69.8 Å². The van der Waals surface area contributed by atoms with E-state index in [0.717, 1.165) is 18.0 Å². The summed E-state index contributed by atoms with van der Waals surface area (Å²) >= 11 is 0. The summed E-state index contributed by atoms with van der Waals surface area (Å²) in [5.74, 6) is -0.132. The Morgan fingerprint density at radius 3 is 2.65 bits per heavy atom. The second-order valence-electron chi connectivity index (χ2n) is 6.44. The summed E-state index contributed by atoms with van der Waals surface area (Å²) in [6, 6.07) is 8.91. The summed E-state index contributed by atoms with van der Waals surface area (Å²) in [7, 11) is 0. The van der Waals surface area contributed by atoms with E-state index in [1.54, 1.807) is 12.1 Å². The number of nitrogens with one attached hydrogen (secondary N) is 1. The molecule has 2 nitrogen and oxygen atoms in total. The van der Waals surface area contributed by atoms with Gasteiger partial charge in [0.05, 0.1) is 0 Å². The van der Waals surface area contributed by atoms with Crippen LogP contribution in [0.1, 0.15) is 38.2 Å². The third-order valence-corrected chi connectivity index (χ3v) is 4.54. The third-order valence-electron chi connectivity index (χ3n) is 4.54. The first-order valence-electron chi connectivity index (χ1n) is 7.95. The summed E-state index contributed by atoms with van der Waals surface area (Å²) in [6.45, 7) is 4.70. The Labute approximate surface area is 121 Å². The molecule has 1 saturated carbocycles. The maximum Gasteiger partial charge on any atom is 0.123 e. The van der Waals surface area contributed by atoms with Crippen molar-refractivity contribution in [3.05, 3.63) is 35.6 Å². The smallest absolute Gasteiger partial charge is 0.123 e. The second-order valence-corrected chi connectivity index (χ2v) is 6.44. The molecule has 1 unspecified atom stereocenters. The highest BCUT2D eigenvalue weighted by Gasteiger charge is 2.31. The lowest BCUT2D eigenvalue weighted by molar-refractivity contribution is 0.184. The molecule has 1 aliphatic heterocycles. The molecule has 0 aromatic heterocycles. The number of benzene rings is 1. The Kier molecular flexibility index (Phi) is 4.37. The van der Waals surface area contributed by atoms with Crippen molar-refractivity contribution in [2.45, 2.75) is 57.2 Å². The molecule has 0 spiro atoms. The minimum Gasteiger partial charge on any atom is -0.311 e. The van der Waals surface area contributed by atoms with Gasteiger partial charge >= 0.3 is 0 Å². The monoisotopic (exact) mass is 276 g/mol. The van der Waals surface area contributed by atoms with Crippen LogP contribution >= 0.6 is 0 Å². The standard InChI is InChI=1S/C17H25FN2/c1-13(11-14-3-2-4-15(18)12-14)19-16-7-9-20(10-8-16)17-5-6-17/h2-4,12-13,16-17,19H,5-11H2,1H3. The van der Waals surface area contributed by atoms with E-state index < -0.39 is 0 Å². The van der Waals surface area contributed by atoms with Gasteiger partial charge in [-0.15, -0.1) is 0 Å². The molecular formula is C17H25FN2. The van der Waals surface area contributed by atoms with Crippen LogP contribution in [-0.2, 0) is 6.42 Å². The van der Waals surface area contributed by atoms with E-state index in [9.17, 15) is 4.39 Å². The molecule has 1 atom stereocenters. The van der Waals surface area contributed by atoms with Crippen LogP contribution in [0.2, 0.25) is 0 Å². The molecule has 0 amide bonds. The number of hydrogen-bond donors (Lipinski definition) is 1. The van der Waals surface area contributed by atoms with E-state index in [1.807, 2.05) is 6.07 Å². The zero-order chi connectivity index (χ0) is 13.9. The van der Waals surface area contributed by atoms with Gasteiger partial charge in [0.1, 0.15) is 5.82 Å². The maximum absolute atomic E-state index is 13.2. The Hall–Kier alpha value is -0.930. The predicted molar refractivity (Wildman–Crippen MR) is 80.3 cm³/mol. The second kappa shape index (κ2) is 6.23. The summed E-state index contributed by atoms with van der Waals surface area (Å²) in [4.78, 5) is 2.65. The lowest BCUT2D eigenvalue weighted by Crippen LogP contribution is -2.46. The van der Waals surface area contributed by atoms with Crippen molar-refractivity contribution in [3.8, 4) is 0 Å². The Balaban J connectivity index is 1.43. The average molecular weight is 276 g/mol. The summed E-state index contributed by atoms with van der Waals surface area (Å²) in [5, 5.41) is 3.72. The highest BCUT2D eigenvalue weighted by molar-refractivity contribution is 5.17. The molecule has 1 aromatic carbocycles. The molecule has 2 aliphatic rings. The molecule has 1 N–H and O–H groups in total. The fourth-order valence-electron chi connectivity index (χ4n) is 3.35. The van der Waals surface area contributed by atoms with Gasteiger partial charge in [0.2, 0.25) is 0 Å². The van der Waals surface area contributed by atoms with Crippen LogP contribution in [0.4, 0.5) is 4.39 Å². The number of hydrogen-bond acceptors (Lipinski definition) is 2. The van der Waals surface area contributed by atoms with Crippen LogP contribution in [0.15, 0.2) is 24.3 Å². The Morgan fingerprint density at radius 1 is 1.25 bits per heavy atom. The van der Waals surface area contributed by atoms with Crippen molar-refractivity contribution in [2.75, 3.05) is 13.1 Å². The fraction of sp³-hybridized carbons (Fsp3) is 0.647. The Bertz CT molecular complexity index is 436. The molecule has 1 heterocycles. The molecule has 1 saturated heterocycles. The van der Waals surface area contributed by atoms with Crippen molar-refractivity contribution in [1.29, 1.82) is 0 Å². The minimum atomic E-state index is -0.132.